The van der Waals surface area contributed by atoms with Crippen LogP contribution in [0.5, 0.6) is 0 Å². The minimum atomic E-state index is 0.254. The number of morpholine rings is 1. The predicted molar refractivity (Wildman–Crippen MR) is 105 cm³/mol. The molecule has 1 aliphatic heterocycles. The summed E-state index contributed by atoms with van der Waals surface area (Å²) in [7, 11) is 1.93. The van der Waals surface area contributed by atoms with Gasteiger partial charge in [0.25, 0.3) is 0 Å². The molecule has 0 aromatic carbocycles. The summed E-state index contributed by atoms with van der Waals surface area (Å²) in [4.78, 5) is 7.28. The SMILES string of the molecule is Cc1cc(-c2cnn3c(-c4ccnn4C)cc(N4CCOCC4C)nc23)[nH]n1. The van der Waals surface area contributed by atoms with E-state index in [4.69, 9.17) is 9.72 Å². The zero-order chi connectivity index (χ0) is 19.3. The van der Waals surface area contributed by atoms with Gasteiger partial charge in [0.2, 0.25) is 0 Å². The maximum Gasteiger partial charge on any atom is 0.167 e. The Hall–Kier alpha value is -3.20. The third-order valence-electron chi connectivity index (χ3n) is 5.20. The quantitative estimate of drug-likeness (QED) is 0.587. The molecule has 1 unspecified atom stereocenters. The van der Waals surface area contributed by atoms with Crippen LogP contribution in [0.3, 0.4) is 0 Å². The van der Waals surface area contributed by atoms with Crippen molar-refractivity contribution >= 4 is 11.5 Å². The molecule has 1 saturated heterocycles. The lowest BCUT2D eigenvalue weighted by Crippen LogP contribution is -2.44. The van der Waals surface area contributed by atoms with Gasteiger partial charge >= 0.3 is 0 Å². The van der Waals surface area contributed by atoms with E-state index in [2.05, 4.69) is 38.3 Å². The fraction of sp³-hybridized carbons (Fsp3) is 0.368. The van der Waals surface area contributed by atoms with Gasteiger partial charge in [-0.2, -0.15) is 15.3 Å². The molecule has 0 radical (unpaired) electrons. The lowest BCUT2D eigenvalue weighted by molar-refractivity contribution is 0.0985. The summed E-state index contributed by atoms with van der Waals surface area (Å²) in [6.45, 7) is 6.32. The summed E-state index contributed by atoms with van der Waals surface area (Å²) in [5.41, 5.74) is 5.47. The molecule has 9 nitrogen and oxygen atoms in total. The van der Waals surface area contributed by atoms with E-state index in [1.54, 1.807) is 6.20 Å². The fourth-order valence-corrected chi connectivity index (χ4v) is 3.72. The molecule has 28 heavy (non-hydrogen) atoms. The van der Waals surface area contributed by atoms with E-state index in [-0.39, 0.29) is 6.04 Å². The maximum absolute atomic E-state index is 5.61. The highest BCUT2D eigenvalue weighted by Crippen LogP contribution is 2.30. The number of anilines is 1. The summed E-state index contributed by atoms with van der Waals surface area (Å²) in [6.07, 6.45) is 3.63. The summed E-state index contributed by atoms with van der Waals surface area (Å²) >= 11 is 0. The summed E-state index contributed by atoms with van der Waals surface area (Å²) in [5, 5.41) is 16.3. The Morgan fingerprint density at radius 2 is 2.11 bits per heavy atom. The molecule has 144 valence electrons. The van der Waals surface area contributed by atoms with Crippen LogP contribution >= 0.6 is 0 Å². The van der Waals surface area contributed by atoms with E-state index in [9.17, 15) is 0 Å². The second kappa shape index (κ2) is 6.45. The number of aromatic nitrogens is 7. The molecule has 5 rings (SSSR count). The molecular formula is C19H22N8O. The van der Waals surface area contributed by atoms with Crippen LogP contribution in [0.1, 0.15) is 12.6 Å². The molecule has 0 saturated carbocycles. The number of nitrogens with one attached hydrogen (secondary N) is 1. The Bertz CT molecular complexity index is 1140. The first-order valence-corrected chi connectivity index (χ1v) is 9.36. The number of hydrogen-bond acceptors (Lipinski definition) is 6. The van der Waals surface area contributed by atoms with Crippen molar-refractivity contribution in [1.29, 1.82) is 0 Å². The Balaban J connectivity index is 1.75. The monoisotopic (exact) mass is 378 g/mol. The molecule has 0 amide bonds. The number of fused-ring (bicyclic) bond motifs is 1. The average Bonchev–Trinajstić information content (AvgIpc) is 3.41. The van der Waals surface area contributed by atoms with Crippen LogP contribution in [0.15, 0.2) is 30.6 Å². The maximum atomic E-state index is 5.61. The number of nitrogens with zero attached hydrogens (tertiary/aromatic N) is 7. The third kappa shape index (κ3) is 2.66. The average molecular weight is 378 g/mol. The minimum Gasteiger partial charge on any atom is -0.377 e. The lowest BCUT2D eigenvalue weighted by Gasteiger charge is -2.34. The summed E-state index contributed by atoms with van der Waals surface area (Å²) in [5.74, 6) is 0.914. The van der Waals surface area contributed by atoms with E-state index in [1.165, 1.54) is 0 Å². The van der Waals surface area contributed by atoms with Crippen molar-refractivity contribution in [3.05, 3.63) is 36.3 Å². The van der Waals surface area contributed by atoms with Gasteiger partial charge in [-0.1, -0.05) is 0 Å². The molecule has 1 fully saturated rings. The van der Waals surface area contributed by atoms with Crippen LogP contribution in [-0.4, -0.2) is 60.4 Å². The fourth-order valence-electron chi connectivity index (χ4n) is 3.72. The standard InChI is InChI=1S/C19H22N8O/c1-12-8-15(24-23-12)14-10-21-27-17(16-4-5-20-25(16)3)9-18(22-19(14)27)26-6-7-28-11-13(26)2/h4-5,8-10,13H,6-7,11H2,1-3H3,(H,23,24). The van der Waals surface area contributed by atoms with Gasteiger partial charge in [0.05, 0.1) is 53.8 Å². The van der Waals surface area contributed by atoms with E-state index in [0.29, 0.717) is 13.2 Å². The number of aromatic amines is 1. The highest BCUT2D eigenvalue weighted by atomic mass is 16.5. The third-order valence-corrected chi connectivity index (χ3v) is 5.20. The van der Waals surface area contributed by atoms with Gasteiger partial charge in [-0.15, -0.1) is 0 Å². The highest BCUT2D eigenvalue weighted by molar-refractivity contribution is 5.78. The van der Waals surface area contributed by atoms with E-state index < -0.39 is 0 Å². The Labute approximate surface area is 161 Å². The van der Waals surface area contributed by atoms with Crippen molar-refractivity contribution in [2.45, 2.75) is 19.9 Å². The number of hydrogen-bond donors (Lipinski definition) is 1. The molecule has 1 N–H and O–H groups in total. The second-order valence-corrected chi connectivity index (χ2v) is 7.17. The molecule has 0 bridgehead atoms. The van der Waals surface area contributed by atoms with Gasteiger partial charge in [-0.05, 0) is 26.0 Å². The lowest BCUT2D eigenvalue weighted by atomic mass is 10.2. The topological polar surface area (TPSA) is 89.2 Å². The van der Waals surface area contributed by atoms with Crippen LogP contribution in [0.25, 0.3) is 28.3 Å². The predicted octanol–water partition coefficient (Wildman–Crippen LogP) is 2.05. The van der Waals surface area contributed by atoms with E-state index >= 15 is 0 Å². The number of aryl methyl sites for hydroxylation is 2. The Morgan fingerprint density at radius 3 is 2.82 bits per heavy atom. The smallest absolute Gasteiger partial charge is 0.167 e. The number of rotatable bonds is 3. The molecule has 0 spiro atoms. The highest BCUT2D eigenvalue weighted by Gasteiger charge is 2.24. The normalized spacial score (nSPS) is 17.5. The molecule has 1 atom stereocenters. The number of ether oxygens (including phenoxy) is 1. The summed E-state index contributed by atoms with van der Waals surface area (Å²) in [6, 6.07) is 6.33. The zero-order valence-corrected chi connectivity index (χ0v) is 16.1. The first kappa shape index (κ1) is 16.9. The van der Waals surface area contributed by atoms with Crippen molar-refractivity contribution in [2.75, 3.05) is 24.7 Å². The Kier molecular flexibility index (Phi) is 3.90. The van der Waals surface area contributed by atoms with Gasteiger partial charge in [0.15, 0.2) is 5.65 Å². The summed E-state index contributed by atoms with van der Waals surface area (Å²) < 4.78 is 9.33. The molecule has 1 aliphatic rings. The molecule has 4 aromatic rings. The molecule has 5 heterocycles. The van der Waals surface area contributed by atoms with Gasteiger partial charge in [0.1, 0.15) is 5.82 Å². The van der Waals surface area contributed by atoms with Crippen molar-refractivity contribution in [1.82, 2.24) is 34.6 Å². The van der Waals surface area contributed by atoms with Crippen molar-refractivity contribution in [3.63, 3.8) is 0 Å². The zero-order valence-electron chi connectivity index (χ0n) is 16.1. The van der Waals surface area contributed by atoms with Crippen LogP contribution in [0.4, 0.5) is 5.82 Å². The van der Waals surface area contributed by atoms with Crippen LogP contribution in [0, 0.1) is 6.92 Å². The van der Waals surface area contributed by atoms with Gasteiger partial charge < -0.3 is 9.64 Å². The van der Waals surface area contributed by atoms with Crippen molar-refractivity contribution in [3.8, 4) is 22.6 Å². The van der Waals surface area contributed by atoms with Gasteiger partial charge in [-0.3, -0.25) is 9.78 Å². The minimum absolute atomic E-state index is 0.254. The van der Waals surface area contributed by atoms with Crippen LogP contribution in [-0.2, 0) is 11.8 Å². The van der Waals surface area contributed by atoms with E-state index in [0.717, 1.165) is 46.3 Å². The van der Waals surface area contributed by atoms with Crippen molar-refractivity contribution in [2.24, 2.45) is 7.05 Å². The first-order chi connectivity index (χ1) is 13.6. The Morgan fingerprint density at radius 1 is 1.21 bits per heavy atom. The second-order valence-electron chi connectivity index (χ2n) is 7.17. The van der Waals surface area contributed by atoms with Crippen LogP contribution < -0.4 is 4.90 Å². The molecule has 9 heteroatoms. The first-order valence-electron chi connectivity index (χ1n) is 9.36. The van der Waals surface area contributed by atoms with E-state index in [1.807, 2.05) is 41.5 Å². The van der Waals surface area contributed by atoms with Crippen LogP contribution in [0.2, 0.25) is 0 Å². The van der Waals surface area contributed by atoms with Gasteiger partial charge in [-0.25, -0.2) is 9.50 Å². The number of H-pyrrole nitrogens is 1. The molecular weight excluding hydrogens is 356 g/mol. The molecule has 4 aromatic heterocycles. The van der Waals surface area contributed by atoms with Gasteiger partial charge in [0, 0.05) is 25.9 Å². The largest absolute Gasteiger partial charge is 0.377 e. The molecule has 0 aliphatic carbocycles. The van der Waals surface area contributed by atoms with Crippen molar-refractivity contribution < 1.29 is 4.74 Å².